The molecule has 0 aliphatic heterocycles. The molecule has 0 fully saturated rings. The first kappa shape index (κ1) is 11.9. The van der Waals surface area contributed by atoms with Crippen molar-refractivity contribution in [2.24, 2.45) is 5.73 Å². The van der Waals surface area contributed by atoms with Crippen LogP contribution in [-0.4, -0.2) is 28.0 Å². The summed E-state index contributed by atoms with van der Waals surface area (Å²) in [7, 11) is 0. The summed E-state index contributed by atoms with van der Waals surface area (Å²) in [6, 6.07) is 0. The normalized spacial score (nSPS) is 10.9. The van der Waals surface area contributed by atoms with Gasteiger partial charge in [0.15, 0.2) is 5.69 Å². The van der Waals surface area contributed by atoms with Crippen LogP contribution < -0.4 is 10.5 Å². The number of aromatic nitrogens is 2. The predicted molar refractivity (Wildman–Crippen MR) is 42.2 cm³/mol. The van der Waals surface area contributed by atoms with Crippen LogP contribution in [0.1, 0.15) is 10.5 Å². The molecule has 0 spiro atoms. The van der Waals surface area contributed by atoms with Crippen molar-refractivity contribution in [2.75, 3.05) is 0 Å². The van der Waals surface area contributed by atoms with Gasteiger partial charge in [0, 0.05) is 12.4 Å². The number of halogens is 3. The van der Waals surface area contributed by atoms with Gasteiger partial charge in [0.05, 0.1) is 0 Å². The summed E-state index contributed by atoms with van der Waals surface area (Å²) < 4.78 is 39.3. The van der Waals surface area contributed by atoms with Crippen LogP contribution in [0.2, 0.25) is 0 Å². The number of esters is 1. The van der Waals surface area contributed by atoms with E-state index >= 15 is 0 Å². The molecule has 0 saturated carbocycles. The van der Waals surface area contributed by atoms with E-state index in [4.69, 9.17) is 5.73 Å². The molecule has 1 rings (SSSR count). The number of nitrogens with zero attached hydrogens (tertiary/aromatic N) is 2. The van der Waals surface area contributed by atoms with E-state index < -0.39 is 29.6 Å². The molecular weight excluding hydrogens is 231 g/mol. The molecule has 0 bridgehead atoms. The van der Waals surface area contributed by atoms with Crippen molar-refractivity contribution in [3.05, 3.63) is 18.1 Å². The minimum absolute atomic E-state index is 0.653. The molecule has 0 radical (unpaired) electrons. The Kier molecular flexibility index (Phi) is 3.06. The highest BCUT2D eigenvalue weighted by atomic mass is 19.4. The van der Waals surface area contributed by atoms with Gasteiger partial charge in [-0.3, -0.25) is 4.79 Å². The number of nitrogens with two attached hydrogens (primary N) is 1. The molecule has 86 valence electrons. The van der Waals surface area contributed by atoms with E-state index in [1.54, 1.807) is 0 Å². The van der Waals surface area contributed by atoms with Crippen molar-refractivity contribution in [2.45, 2.75) is 6.18 Å². The first-order valence-electron chi connectivity index (χ1n) is 3.72. The van der Waals surface area contributed by atoms with Gasteiger partial charge in [-0.2, -0.15) is 13.2 Å². The van der Waals surface area contributed by atoms with Crippen molar-refractivity contribution in [3.8, 4) is 5.88 Å². The molecule has 0 aliphatic carbocycles. The van der Waals surface area contributed by atoms with Crippen molar-refractivity contribution < 1.29 is 27.5 Å². The highest BCUT2D eigenvalue weighted by Crippen LogP contribution is 2.19. The van der Waals surface area contributed by atoms with Crippen LogP contribution in [0.4, 0.5) is 13.2 Å². The number of primary amides is 1. The van der Waals surface area contributed by atoms with E-state index in [1.807, 2.05) is 0 Å². The largest absolute Gasteiger partial charge is 0.491 e. The molecule has 0 aliphatic rings. The van der Waals surface area contributed by atoms with E-state index in [1.165, 1.54) is 0 Å². The SMILES string of the molecule is NC(=O)c1nccnc1OC(=O)C(F)(F)F. The summed E-state index contributed by atoms with van der Waals surface area (Å²) in [6.45, 7) is 0. The van der Waals surface area contributed by atoms with Gasteiger partial charge >= 0.3 is 12.1 Å². The second-order valence-corrected chi connectivity index (χ2v) is 2.46. The maximum atomic E-state index is 11.8. The number of carbonyl (C=O) groups excluding carboxylic acids is 2. The summed E-state index contributed by atoms with van der Waals surface area (Å²) in [5.41, 5.74) is 4.13. The van der Waals surface area contributed by atoms with Crippen LogP contribution in [0.15, 0.2) is 12.4 Å². The van der Waals surface area contributed by atoms with E-state index in [0.717, 1.165) is 12.4 Å². The zero-order valence-electron chi connectivity index (χ0n) is 7.49. The number of ether oxygens (including phenoxy) is 1. The highest BCUT2D eigenvalue weighted by molar-refractivity contribution is 5.93. The van der Waals surface area contributed by atoms with Gasteiger partial charge in [-0.25, -0.2) is 14.8 Å². The maximum absolute atomic E-state index is 11.8. The first-order valence-corrected chi connectivity index (χ1v) is 3.72. The fourth-order valence-electron chi connectivity index (χ4n) is 0.715. The van der Waals surface area contributed by atoms with Gasteiger partial charge in [-0.05, 0) is 0 Å². The van der Waals surface area contributed by atoms with Crippen LogP contribution in [0.5, 0.6) is 5.88 Å². The first-order chi connectivity index (χ1) is 7.32. The third-order valence-corrected chi connectivity index (χ3v) is 1.32. The Morgan fingerprint density at radius 2 is 1.81 bits per heavy atom. The molecule has 6 nitrogen and oxygen atoms in total. The summed E-state index contributed by atoms with van der Waals surface area (Å²) in [6.07, 6.45) is -3.22. The Balaban J connectivity index is 2.98. The highest BCUT2D eigenvalue weighted by Gasteiger charge is 2.42. The van der Waals surface area contributed by atoms with Crippen LogP contribution in [-0.2, 0) is 4.79 Å². The maximum Gasteiger partial charge on any atom is 0.491 e. The molecule has 1 aromatic rings. The molecule has 0 saturated heterocycles. The average molecular weight is 235 g/mol. The fraction of sp³-hybridized carbons (Fsp3) is 0.143. The van der Waals surface area contributed by atoms with Gasteiger partial charge < -0.3 is 10.5 Å². The lowest BCUT2D eigenvalue weighted by atomic mass is 10.4. The molecule has 0 aromatic carbocycles. The third-order valence-electron chi connectivity index (χ3n) is 1.32. The standard InChI is InChI=1S/C7H4F3N3O3/c8-7(9,10)6(15)16-5-3(4(11)14)12-1-2-13-5/h1-2H,(H2,11,14). The summed E-state index contributed by atoms with van der Waals surface area (Å²) in [4.78, 5) is 27.7. The molecule has 9 heteroatoms. The van der Waals surface area contributed by atoms with Crippen molar-refractivity contribution in [1.29, 1.82) is 0 Å². The molecular formula is C7H4F3N3O3. The zero-order chi connectivity index (χ0) is 12.3. The van der Waals surface area contributed by atoms with Crippen LogP contribution in [0.25, 0.3) is 0 Å². The smallest absolute Gasteiger partial charge is 0.398 e. The van der Waals surface area contributed by atoms with Gasteiger partial charge in [0.1, 0.15) is 0 Å². The lowest BCUT2D eigenvalue weighted by Crippen LogP contribution is -2.29. The zero-order valence-corrected chi connectivity index (χ0v) is 7.49. The van der Waals surface area contributed by atoms with Crippen LogP contribution in [0.3, 0.4) is 0 Å². The van der Waals surface area contributed by atoms with Crippen LogP contribution in [0, 0.1) is 0 Å². The van der Waals surface area contributed by atoms with Crippen molar-refractivity contribution in [1.82, 2.24) is 9.97 Å². The number of hydrogen-bond donors (Lipinski definition) is 1. The van der Waals surface area contributed by atoms with E-state index in [0.29, 0.717) is 0 Å². The molecule has 2 N–H and O–H groups in total. The van der Waals surface area contributed by atoms with E-state index in [9.17, 15) is 22.8 Å². The average Bonchev–Trinajstić information content (AvgIpc) is 2.16. The predicted octanol–water partition coefficient (Wildman–Crippen LogP) is 0.0432. The second-order valence-electron chi connectivity index (χ2n) is 2.46. The number of amides is 1. The molecule has 0 atom stereocenters. The summed E-state index contributed by atoms with van der Waals surface area (Å²) >= 11 is 0. The van der Waals surface area contributed by atoms with E-state index in [-0.39, 0.29) is 0 Å². The minimum atomic E-state index is -5.19. The van der Waals surface area contributed by atoms with Crippen molar-refractivity contribution in [3.63, 3.8) is 0 Å². The Morgan fingerprint density at radius 1 is 1.25 bits per heavy atom. The lowest BCUT2D eigenvalue weighted by molar-refractivity contribution is -0.190. The molecule has 0 unspecified atom stereocenters. The Hall–Kier alpha value is -2.19. The Morgan fingerprint density at radius 3 is 2.31 bits per heavy atom. The number of hydrogen-bond acceptors (Lipinski definition) is 5. The molecule has 1 heterocycles. The third kappa shape index (κ3) is 2.65. The van der Waals surface area contributed by atoms with Gasteiger partial charge in [-0.15, -0.1) is 0 Å². The Labute approximate surface area is 86.2 Å². The quantitative estimate of drug-likeness (QED) is 0.730. The van der Waals surface area contributed by atoms with E-state index in [2.05, 4.69) is 14.7 Å². The molecule has 1 aromatic heterocycles. The van der Waals surface area contributed by atoms with Gasteiger partial charge in [-0.1, -0.05) is 0 Å². The number of rotatable bonds is 2. The molecule has 16 heavy (non-hydrogen) atoms. The lowest BCUT2D eigenvalue weighted by Gasteiger charge is -2.07. The van der Waals surface area contributed by atoms with Crippen molar-refractivity contribution >= 4 is 11.9 Å². The summed E-state index contributed by atoms with van der Waals surface area (Å²) in [5.74, 6) is -4.54. The number of alkyl halides is 3. The summed E-state index contributed by atoms with van der Waals surface area (Å²) in [5, 5.41) is 0. The van der Waals surface area contributed by atoms with Gasteiger partial charge in [0.2, 0.25) is 0 Å². The van der Waals surface area contributed by atoms with Gasteiger partial charge in [0.25, 0.3) is 11.8 Å². The van der Waals surface area contributed by atoms with Crippen LogP contribution >= 0.6 is 0 Å². The Bertz CT molecular complexity index is 432. The minimum Gasteiger partial charge on any atom is -0.398 e. The number of carbonyl (C=O) groups is 2. The fourth-order valence-corrected chi connectivity index (χ4v) is 0.715. The monoisotopic (exact) mass is 235 g/mol. The topological polar surface area (TPSA) is 95.2 Å². The second kappa shape index (κ2) is 4.13. The molecule has 1 amide bonds.